The van der Waals surface area contributed by atoms with Gasteiger partial charge in [0.15, 0.2) is 0 Å². The number of sulfonamides is 1. The summed E-state index contributed by atoms with van der Waals surface area (Å²) in [5.74, 6) is 0. The van der Waals surface area contributed by atoms with Crippen LogP contribution < -0.4 is 0 Å². The maximum Gasteiger partial charge on any atom is 0.282 e. The highest BCUT2D eigenvalue weighted by atomic mass is 32.2. The van der Waals surface area contributed by atoms with E-state index in [-0.39, 0.29) is 18.0 Å². The summed E-state index contributed by atoms with van der Waals surface area (Å²) in [6.45, 7) is 4.11. The van der Waals surface area contributed by atoms with Gasteiger partial charge in [-0.1, -0.05) is 24.1 Å². The Balaban J connectivity index is 1.72. The first-order valence-corrected chi connectivity index (χ1v) is 12.0. The summed E-state index contributed by atoms with van der Waals surface area (Å²) in [5.41, 5.74) is 0.999. The van der Waals surface area contributed by atoms with Crippen molar-refractivity contribution < 1.29 is 16.8 Å². The number of nitrogens with zero attached hydrogens (tertiary/aromatic N) is 3. The predicted molar refractivity (Wildman–Crippen MR) is 100 cm³/mol. The van der Waals surface area contributed by atoms with Gasteiger partial charge in [-0.25, -0.2) is 8.42 Å². The maximum atomic E-state index is 12.9. The molecule has 2 aliphatic heterocycles. The van der Waals surface area contributed by atoms with E-state index in [1.54, 1.807) is 28.6 Å². The monoisotopic (exact) mass is 401 g/mol. The molecule has 1 aromatic rings. The zero-order chi connectivity index (χ0) is 18.8. The van der Waals surface area contributed by atoms with Gasteiger partial charge in [0.1, 0.15) is 0 Å². The highest BCUT2D eigenvalue weighted by molar-refractivity contribution is 7.89. The van der Waals surface area contributed by atoms with E-state index >= 15 is 0 Å². The second kappa shape index (κ2) is 7.93. The SMILES string of the molecule is Cc1ccc(S(=O)(=O)N2CCCN(S(=O)(=O)N3CCCCC3)CC2)cc1. The van der Waals surface area contributed by atoms with Crippen molar-refractivity contribution in [1.82, 2.24) is 12.9 Å². The Kier molecular flexibility index (Phi) is 6.03. The zero-order valence-electron chi connectivity index (χ0n) is 15.2. The molecule has 2 heterocycles. The molecule has 2 saturated heterocycles. The van der Waals surface area contributed by atoms with Gasteiger partial charge in [-0.2, -0.15) is 21.3 Å². The minimum atomic E-state index is -3.60. The average Bonchev–Trinajstić information content (AvgIpc) is 2.90. The van der Waals surface area contributed by atoms with Crippen LogP contribution in [0, 0.1) is 6.92 Å². The molecule has 0 atom stereocenters. The molecule has 0 aliphatic carbocycles. The van der Waals surface area contributed by atoms with E-state index in [4.69, 9.17) is 0 Å². The zero-order valence-corrected chi connectivity index (χ0v) is 16.8. The molecule has 0 spiro atoms. The molecule has 7 nitrogen and oxygen atoms in total. The van der Waals surface area contributed by atoms with Gasteiger partial charge >= 0.3 is 0 Å². The third kappa shape index (κ3) is 4.12. The van der Waals surface area contributed by atoms with E-state index in [1.165, 1.54) is 8.61 Å². The normalized spacial score (nSPS) is 22.2. The lowest BCUT2D eigenvalue weighted by Gasteiger charge is -2.31. The summed E-state index contributed by atoms with van der Waals surface area (Å²) in [5, 5.41) is 0. The molecule has 0 saturated carbocycles. The fourth-order valence-electron chi connectivity index (χ4n) is 3.46. The average molecular weight is 402 g/mol. The molecule has 1 aromatic carbocycles. The van der Waals surface area contributed by atoms with Gasteiger partial charge < -0.3 is 0 Å². The van der Waals surface area contributed by atoms with E-state index in [1.807, 2.05) is 6.92 Å². The van der Waals surface area contributed by atoms with Crippen LogP contribution in [0.5, 0.6) is 0 Å². The predicted octanol–water partition coefficient (Wildman–Crippen LogP) is 1.42. The Morgan fingerprint density at radius 2 is 1.15 bits per heavy atom. The van der Waals surface area contributed by atoms with Crippen LogP contribution >= 0.6 is 0 Å². The molecule has 0 aromatic heterocycles. The third-order valence-corrected chi connectivity index (χ3v) is 8.99. The number of hydrogen-bond donors (Lipinski definition) is 0. The van der Waals surface area contributed by atoms with Gasteiger partial charge in [0.05, 0.1) is 4.90 Å². The highest BCUT2D eigenvalue weighted by Gasteiger charge is 2.34. The van der Waals surface area contributed by atoms with Crippen molar-refractivity contribution in [3.63, 3.8) is 0 Å². The molecule has 26 heavy (non-hydrogen) atoms. The summed E-state index contributed by atoms with van der Waals surface area (Å²) in [6.07, 6.45) is 3.34. The first-order valence-electron chi connectivity index (χ1n) is 9.14. The Morgan fingerprint density at radius 1 is 0.654 bits per heavy atom. The van der Waals surface area contributed by atoms with Crippen molar-refractivity contribution in [2.24, 2.45) is 0 Å². The first-order chi connectivity index (χ1) is 12.3. The van der Waals surface area contributed by atoms with E-state index in [9.17, 15) is 16.8 Å². The Bertz CT molecular complexity index is 816. The Labute approximate surface area is 156 Å². The molecule has 0 bridgehead atoms. The van der Waals surface area contributed by atoms with Gasteiger partial charge in [-0.15, -0.1) is 0 Å². The molecular formula is C17H27N3O4S2. The standard InChI is InChI=1S/C17H27N3O4S2/c1-16-6-8-17(9-7-16)25(21,22)18-12-5-13-20(15-14-18)26(23,24)19-10-3-2-4-11-19/h6-9H,2-5,10-15H2,1H3. The molecule has 146 valence electrons. The Hall–Kier alpha value is -1.00. The maximum absolute atomic E-state index is 12.9. The largest absolute Gasteiger partial charge is 0.282 e. The minimum Gasteiger partial charge on any atom is -0.207 e. The van der Waals surface area contributed by atoms with Crippen molar-refractivity contribution in [2.45, 2.75) is 37.5 Å². The lowest BCUT2D eigenvalue weighted by Crippen LogP contribution is -2.47. The van der Waals surface area contributed by atoms with Crippen molar-refractivity contribution in [3.05, 3.63) is 29.8 Å². The summed E-state index contributed by atoms with van der Waals surface area (Å²) >= 11 is 0. The number of benzene rings is 1. The molecule has 9 heteroatoms. The van der Waals surface area contributed by atoms with Crippen LogP contribution in [0.2, 0.25) is 0 Å². The second-order valence-electron chi connectivity index (χ2n) is 6.94. The number of piperidine rings is 1. The van der Waals surface area contributed by atoms with Crippen LogP contribution in [-0.4, -0.2) is 69.0 Å². The number of rotatable bonds is 4. The number of hydrogen-bond acceptors (Lipinski definition) is 4. The van der Waals surface area contributed by atoms with Crippen molar-refractivity contribution in [3.8, 4) is 0 Å². The van der Waals surface area contributed by atoms with Crippen LogP contribution in [0.15, 0.2) is 29.2 Å². The summed E-state index contributed by atoms with van der Waals surface area (Å²) in [6, 6.07) is 6.77. The molecule has 0 N–H and O–H groups in total. The van der Waals surface area contributed by atoms with Crippen LogP contribution in [0.1, 0.15) is 31.2 Å². The topological polar surface area (TPSA) is 78.0 Å². The molecule has 0 unspecified atom stereocenters. The number of aryl methyl sites for hydroxylation is 1. The van der Waals surface area contributed by atoms with E-state index in [2.05, 4.69) is 0 Å². The van der Waals surface area contributed by atoms with Gasteiger partial charge in [-0.05, 0) is 38.3 Å². The van der Waals surface area contributed by atoms with Gasteiger partial charge in [-0.3, -0.25) is 0 Å². The van der Waals surface area contributed by atoms with Crippen molar-refractivity contribution >= 4 is 20.2 Å². The lowest BCUT2D eigenvalue weighted by molar-refractivity contribution is 0.305. The van der Waals surface area contributed by atoms with Gasteiger partial charge in [0, 0.05) is 39.3 Å². The van der Waals surface area contributed by atoms with Gasteiger partial charge in [0.25, 0.3) is 10.2 Å². The van der Waals surface area contributed by atoms with E-state index in [0.717, 1.165) is 24.8 Å². The third-order valence-electron chi connectivity index (χ3n) is 5.04. The summed E-state index contributed by atoms with van der Waals surface area (Å²) < 4.78 is 55.8. The Morgan fingerprint density at radius 3 is 1.81 bits per heavy atom. The summed E-state index contributed by atoms with van der Waals surface area (Å²) in [7, 11) is -7.10. The van der Waals surface area contributed by atoms with Crippen LogP contribution in [0.25, 0.3) is 0 Å². The van der Waals surface area contributed by atoms with Crippen LogP contribution in [0.4, 0.5) is 0 Å². The molecule has 0 amide bonds. The fraction of sp³-hybridized carbons (Fsp3) is 0.647. The van der Waals surface area contributed by atoms with Crippen LogP contribution in [-0.2, 0) is 20.2 Å². The second-order valence-corrected chi connectivity index (χ2v) is 10.8. The minimum absolute atomic E-state index is 0.184. The van der Waals surface area contributed by atoms with Gasteiger partial charge in [0.2, 0.25) is 10.0 Å². The molecule has 0 radical (unpaired) electrons. The quantitative estimate of drug-likeness (QED) is 0.764. The fourth-order valence-corrected chi connectivity index (χ4v) is 6.65. The first kappa shape index (κ1) is 19.8. The molecule has 3 rings (SSSR count). The highest BCUT2D eigenvalue weighted by Crippen LogP contribution is 2.21. The van der Waals surface area contributed by atoms with Crippen LogP contribution in [0.3, 0.4) is 0 Å². The smallest absolute Gasteiger partial charge is 0.207 e. The van der Waals surface area contributed by atoms with E-state index < -0.39 is 20.2 Å². The lowest BCUT2D eigenvalue weighted by atomic mass is 10.2. The molecule has 2 fully saturated rings. The summed E-state index contributed by atoms with van der Waals surface area (Å²) in [4.78, 5) is 0.260. The van der Waals surface area contributed by atoms with Crippen molar-refractivity contribution in [2.75, 3.05) is 39.3 Å². The molecular weight excluding hydrogens is 374 g/mol. The van der Waals surface area contributed by atoms with Crippen molar-refractivity contribution in [1.29, 1.82) is 0 Å². The van der Waals surface area contributed by atoms with E-state index in [0.29, 0.717) is 32.6 Å². The molecule has 2 aliphatic rings.